The monoisotopic (exact) mass is 225 g/mol. The van der Waals surface area contributed by atoms with Crippen LogP contribution in [0.25, 0.3) is 0 Å². The molecular formula is C10H18F3NO. The fourth-order valence-corrected chi connectivity index (χ4v) is 0.906. The van der Waals surface area contributed by atoms with Gasteiger partial charge in [-0.1, -0.05) is 20.8 Å². The largest absolute Gasteiger partial charge is 0.413 e. The molecular weight excluding hydrogens is 207 g/mol. The Hall–Kier alpha value is -0.580. The van der Waals surface area contributed by atoms with Gasteiger partial charge in [-0.15, -0.1) is 0 Å². The molecule has 5 heteroatoms. The number of ketones is 1. The normalized spacial score (nSPS) is 17.3. The smallest absolute Gasteiger partial charge is 0.312 e. The van der Waals surface area contributed by atoms with Crippen molar-refractivity contribution in [3.63, 3.8) is 0 Å². The van der Waals surface area contributed by atoms with E-state index in [1.54, 1.807) is 0 Å². The van der Waals surface area contributed by atoms with Crippen molar-refractivity contribution in [1.29, 1.82) is 0 Å². The Bertz CT molecular complexity index is 238. The average Bonchev–Trinajstić information content (AvgIpc) is 1.96. The lowest BCUT2D eigenvalue weighted by molar-refractivity contribution is -0.186. The third-order valence-corrected chi connectivity index (χ3v) is 2.27. The minimum Gasteiger partial charge on any atom is -0.312 e. The van der Waals surface area contributed by atoms with Gasteiger partial charge >= 0.3 is 6.18 Å². The lowest BCUT2D eigenvalue weighted by Crippen LogP contribution is -2.57. The van der Waals surface area contributed by atoms with Crippen molar-refractivity contribution in [2.45, 2.75) is 52.3 Å². The molecule has 0 spiro atoms. The topological polar surface area (TPSA) is 43.1 Å². The van der Waals surface area contributed by atoms with Crippen LogP contribution >= 0.6 is 0 Å². The zero-order chi connectivity index (χ0) is 12.5. The van der Waals surface area contributed by atoms with Gasteiger partial charge in [-0.25, -0.2) is 0 Å². The van der Waals surface area contributed by atoms with Crippen molar-refractivity contribution < 1.29 is 18.0 Å². The van der Waals surface area contributed by atoms with Gasteiger partial charge in [0.05, 0.1) is 0 Å². The predicted octanol–water partition coefficient (Wildman–Crippen LogP) is 2.66. The van der Waals surface area contributed by atoms with E-state index in [2.05, 4.69) is 0 Å². The Morgan fingerprint density at radius 1 is 1.13 bits per heavy atom. The number of hydrogen-bond acceptors (Lipinski definition) is 2. The highest BCUT2D eigenvalue weighted by molar-refractivity contribution is 5.88. The van der Waals surface area contributed by atoms with E-state index in [0.29, 0.717) is 6.42 Å². The SMILES string of the molecule is CC(C)(C)CCC(=O)C(C)(N)C(F)(F)F. The molecule has 15 heavy (non-hydrogen) atoms. The molecule has 0 aromatic carbocycles. The average molecular weight is 225 g/mol. The Morgan fingerprint density at radius 2 is 1.53 bits per heavy atom. The van der Waals surface area contributed by atoms with Gasteiger partial charge in [0.2, 0.25) is 0 Å². The van der Waals surface area contributed by atoms with Crippen molar-refractivity contribution in [2.24, 2.45) is 11.1 Å². The number of alkyl halides is 3. The number of carbonyl (C=O) groups is 1. The molecule has 0 rings (SSSR count). The van der Waals surface area contributed by atoms with E-state index in [4.69, 9.17) is 5.73 Å². The first kappa shape index (κ1) is 14.4. The quantitative estimate of drug-likeness (QED) is 0.802. The maximum Gasteiger partial charge on any atom is 0.413 e. The summed E-state index contributed by atoms with van der Waals surface area (Å²) >= 11 is 0. The molecule has 0 aliphatic rings. The highest BCUT2D eigenvalue weighted by Gasteiger charge is 2.53. The molecule has 90 valence electrons. The zero-order valence-electron chi connectivity index (χ0n) is 9.53. The first-order valence-corrected chi connectivity index (χ1v) is 4.77. The predicted molar refractivity (Wildman–Crippen MR) is 52.3 cm³/mol. The molecule has 0 heterocycles. The number of nitrogens with two attached hydrogens (primary N) is 1. The molecule has 0 bridgehead atoms. The number of rotatable bonds is 3. The summed E-state index contributed by atoms with van der Waals surface area (Å²) in [6.45, 7) is 6.31. The Kier molecular flexibility index (Phi) is 3.96. The minimum atomic E-state index is -4.68. The van der Waals surface area contributed by atoms with Gasteiger partial charge in [0.15, 0.2) is 11.3 Å². The molecule has 1 unspecified atom stereocenters. The van der Waals surface area contributed by atoms with Crippen LogP contribution in [-0.2, 0) is 4.79 Å². The van der Waals surface area contributed by atoms with Crippen LogP contribution in [0.4, 0.5) is 13.2 Å². The molecule has 0 amide bonds. The van der Waals surface area contributed by atoms with Gasteiger partial charge in [0.1, 0.15) is 0 Å². The van der Waals surface area contributed by atoms with E-state index < -0.39 is 17.5 Å². The molecule has 0 saturated heterocycles. The standard InChI is InChI=1S/C10H18F3NO/c1-8(2,3)6-5-7(15)9(4,14)10(11,12)13/h5-6,14H2,1-4H3. The van der Waals surface area contributed by atoms with E-state index in [1.165, 1.54) is 0 Å². The summed E-state index contributed by atoms with van der Waals surface area (Å²) in [4.78, 5) is 11.3. The number of Topliss-reactive ketones (excluding diaryl/α,β-unsaturated/α-hetero) is 1. The van der Waals surface area contributed by atoms with Crippen LogP contribution in [0.5, 0.6) is 0 Å². The Labute approximate surface area is 88.0 Å². The van der Waals surface area contributed by atoms with Gasteiger partial charge in [-0.3, -0.25) is 4.79 Å². The van der Waals surface area contributed by atoms with Gasteiger partial charge < -0.3 is 5.73 Å². The second-order valence-corrected chi connectivity index (χ2v) is 5.18. The van der Waals surface area contributed by atoms with Crippen LogP contribution in [0.15, 0.2) is 0 Å². The maximum absolute atomic E-state index is 12.4. The van der Waals surface area contributed by atoms with E-state index >= 15 is 0 Å². The van der Waals surface area contributed by atoms with Gasteiger partial charge in [-0.05, 0) is 18.8 Å². The van der Waals surface area contributed by atoms with E-state index in [0.717, 1.165) is 6.92 Å². The van der Waals surface area contributed by atoms with Crippen LogP contribution in [0, 0.1) is 5.41 Å². The minimum absolute atomic E-state index is 0.143. The summed E-state index contributed by atoms with van der Waals surface area (Å²) in [7, 11) is 0. The third-order valence-electron chi connectivity index (χ3n) is 2.27. The molecule has 0 aromatic heterocycles. The molecule has 0 saturated carbocycles. The maximum atomic E-state index is 12.4. The summed E-state index contributed by atoms with van der Waals surface area (Å²) in [6.07, 6.45) is -4.42. The van der Waals surface area contributed by atoms with Crippen LogP contribution in [0.2, 0.25) is 0 Å². The van der Waals surface area contributed by atoms with E-state index in [-0.39, 0.29) is 11.8 Å². The number of halogens is 3. The summed E-state index contributed by atoms with van der Waals surface area (Å²) in [5.41, 5.74) is 2.10. The molecule has 0 aliphatic carbocycles. The summed E-state index contributed by atoms with van der Waals surface area (Å²) in [6, 6.07) is 0. The molecule has 2 N–H and O–H groups in total. The molecule has 1 atom stereocenters. The van der Waals surface area contributed by atoms with Crippen LogP contribution in [-0.4, -0.2) is 17.5 Å². The van der Waals surface area contributed by atoms with Gasteiger partial charge in [0.25, 0.3) is 0 Å². The second-order valence-electron chi connectivity index (χ2n) is 5.18. The van der Waals surface area contributed by atoms with Crippen molar-refractivity contribution in [3.8, 4) is 0 Å². The van der Waals surface area contributed by atoms with Crippen molar-refractivity contribution in [1.82, 2.24) is 0 Å². The highest BCUT2D eigenvalue weighted by atomic mass is 19.4. The molecule has 2 nitrogen and oxygen atoms in total. The second kappa shape index (κ2) is 4.12. The Balaban J connectivity index is 4.47. The van der Waals surface area contributed by atoms with Crippen molar-refractivity contribution >= 4 is 5.78 Å². The lowest BCUT2D eigenvalue weighted by atomic mass is 9.85. The summed E-state index contributed by atoms with van der Waals surface area (Å²) in [5, 5.41) is 0. The number of carbonyl (C=O) groups excluding carboxylic acids is 1. The molecule has 0 radical (unpaired) electrons. The fraction of sp³-hybridized carbons (Fsp3) is 0.900. The molecule has 0 aliphatic heterocycles. The van der Waals surface area contributed by atoms with Crippen molar-refractivity contribution in [2.75, 3.05) is 0 Å². The number of hydrogen-bond donors (Lipinski definition) is 1. The summed E-state index contributed by atoms with van der Waals surface area (Å²) < 4.78 is 37.1. The van der Waals surface area contributed by atoms with Crippen LogP contribution in [0.1, 0.15) is 40.5 Å². The summed E-state index contributed by atoms with van der Waals surface area (Å²) in [5.74, 6) is -0.954. The highest BCUT2D eigenvalue weighted by Crippen LogP contribution is 2.31. The third kappa shape index (κ3) is 4.20. The van der Waals surface area contributed by atoms with E-state index in [1.807, 2.05) is 20.8 Å². The Morgan fingerprint density at radius 3 is 1.80 bits per heavy atom. The van der Waals surface area contributed by atoms with Gasteiger partial charge in [-0.2, -0.15) is 13.2 Å². The zero-order valence-corrected chi connectivity index (χ0v) is 9.53. The lowest BCUT2D eigenvalue weighted by Gasteiger charge is -2.27. The van der Waals surface area contributed by atoms with Crippen LogP contribution < -0.4 is 5.73 Å². The van der Waals surface area contributed by atoms with E-state index in [9.17, 15) is 18.0 Å². The fourth-order valence-electron chi connectivity index (χ4n) is 0.906. The molecule has 0 fully saturated rings. The van der Waals surface area contributed by atoms with Crippen LogP contribution in [0.3, 0.4) is 0 Å². The van der Waals surface area contributed by atoms with Crippen molar-refractivity contribution in [3.05, 3.63) is 0 Å². The first-order valence-electron chi connectivity index (χ1n) is 4.77. The molecule has 0 aromatic rings. The van der Waals surface area contributed by atoms with Gasteiger partial charge in [0, 0.05) is 6.42 Å². The first-order chi connectivity index (χ1) is 6.38.